The van der Waals surface area contributed by atoms with Gasteiger partial charge in [0.15, 0.2) is 0 Å². The molecule has 1 fully saturated rings. The van der Waals surface area contributed by atoms with Crippen LogP contribution >= 0.6 is 0 Å². The molecular weight excluding hydrogens is 182 g/mol. The third-order valence-electron chi connectivity index (χ3n) is 2.59. The smallest absolute Gasteiger partial charge is 0.236 e. The minimum absolute atomic E-state index is 0.0726. The maximum absolute atomic E-state index is 11.5. The van der Waals surface area contributed by atoms with Crippen LogP contribution in [0, 0.1) is 5.92 Å². The topological polar surface area (TPSA) is 98.2 Å². The Hall–Kier alpha value is -1.10. The zero-order valence-corrected chi connectivity index (χ0v) is 8.16. The van der Waals surface area contributed by atoms with Gasteiger partial charge in [-0.15, -0.1) is 0 Å². The Bertz CT molecular complexity index is 230. The number of amides is 2. The molecule has 1 saturated carbocycles. The van der Waals surface area contributed by atoms with Gasteiger partial charge in [0.1, 0.15) is 0 Å². The number of carbonyl (C=O) groups is 2. The van der Waals surface area contributed by atoms with E-state index in [0.29, 0.717) is 0 Å². The molecule has 80 valence electrons. The monoisotopic (exact) mass is 199 g/mol. The van der Waals surface area contributed by atoms with E-state index in [4.69, 9.17) is 11.5 Å². The first-order valence-corrected chi connectivity index (χ1v) is 4.93. The average Bonchev–Trinajstić information content (AvgIpc) is 2.15. The van der Waals surface area contributed by atoms with Crippen molar-refractivity contribution >= 4 is 11.8 Å². The van der Waals surface area contributed by atoms with Crippen LogP contribution in [-0.2, 0) is 9.59 Å². The molecule has 2 atom stereocenters. The van der Waals surface area contributed by atoms with Gasteiger partial charge in [-0.1, -0.05) is 12.8 Å². The van der Waals surface area contributed by atoms with Crippen LogP contribution in [0.15, 0.2) is 0 Å². The molecule has 5 nitrogen and oxygen atoms in total. The van der Waals surface area contributed by atoms with Crippen molar-refractivity contribution < 1.29 is 9.59 Å². The second-order valence-corrected chi connectivity index (χ2v) is 3.74. The normalized spacial score (nSPS) is 26.9. The van der Waals surface area contributed by atoms with Crippen LogP contribution in [0.4, 0.5) is 0 Å². The molecule has 0 aromatic carbocycles. The molecule has 2 unspecified atom stereocenters. The zero-order valence-electron chi connectivity index (χ0n) is 8.16. The summed E-state index contributed by atoms with van der Waals surface area (Å²) >= 11 is 0. The van der Waals surface area contributed by atoms with E-state index in [1.165, 1.54) is 0 Å². The molecule has 0 aromatic rings. The molecule has 0 radical (unpaired) electrons. The first-order valence-electron chi connectivity index (χ1n) is 4.93. The van der Waals surface area contributed by atoms with Crippen molar-refractivity contribution in [1.82, 2.24) is 5.32 Å². The van der Waals surface area contributed by atoms with Crippen LogP contribution in [0.3, 0.4) is 0 Å². The lowest BCUT2D eigenvalue weighted by Gasteiger charge is -2.27. The van der Waals surface area contributed by atoms with Crippen LogP contribution in [0.2, 0.25) is 0 Å². The van der Waals surface area contributed by atoms with E-state index in [2.05, 4.69) is 5.32 Å². The largest absolute Gasteiger partial charge is 0.368 e. The zero-order chi connectivity index (χ0) is 10.6. The van der Waals surface area contributed by atoms with Gasteiger partial charge in [-0.25, -0.2) is 0 Å². The molecule has 5 N–H and O–H groups in total. The van der Waals surface area contributed by atoms with E-state index in [1.807, 2.05) is 0 Å². The summed E-state index contributed by atoms with van der Waals surface area (Å²) < 4.78 is 0. The van der Waals surface area contributed by atoms with Crippen molar-refractivity contribution in [3.63, 3.8) is 0 Å². The second-order valence-electron chi connectivity index (χ2n) is 3.74. The van der Waals surface area contributed by atoms with Crippen molar-refractivity contribution in [2.24, 2.45) is 17.4 Å². The van der Waals surface area contributed by atoms with Gasteiger partial charge in [0.2, 0.25) is 11.8 Å². The van der Waals surface area contributed by atoms with Gasteiger partial charge in [-0.05, 0) is 12.8 Å². The fourth-order valence-electron chi connectivity index (χ4n) is 1.79. The fraction of sp³-hybridized carbons (Fsp3) is 0.778. The van der Waals surface area contributed by atoms with Crippen LogP contribution in [0.1, 0.15) is 25.7 Å². The summed E-state index contributed by atoms with van der Waals surface area (Å²) in [6.07, 6.45) is 3.81. The minimum Gasteiger partial charge on any atom is -0.368 e. The van der Waals surface area contributed by atoms with Crippen molar-refractivity contribution in [3.05, 3.63) is 0 Å². The Morgan fingerprint density at radius 2 is 1.93 bits per heavy atom. The fourth-order valence-corrected chi connectivity index (χ4v) is 1.79. The number of rotatable bonds is 3. The molecule has 5 heteroatoms. The molecule has 0 heterocycles. The maximum atomic E-state index is 11.5. The molecule has 0 saturated heterocycles. The summed E-state index contributed by atoms with van der Waals surface area (Å²) in [7, 11) is 0. The Kier molecular flexibility index (Phi) is 3.88. The summed E-state index contributed by atoms with van der Waals surface area (Å²) in [6, 6.07) is -0.0726. The average molecular weight is 199 g/mol. The lowest BCUT2D eigenvalue weighted by atomic mass is 9.84. The highest BCUT2D eigenvalue weighted by Gasteiger charge is 2.27. The summed E-state index contributed by atoms with van der Waals surface area (Å²) in [4.78, 5) is 22.0. The van der Waals surface area contributed by atoms with Gasteiger partial charge in [-0.2, -0.15) is 0 Å². The number of nitrogens with two attached hydrogens (primary N) is 2. The van der Waals surface area contributed by atoms with Gasteiger partial charge in [0.05, 0.1) is 12.5 Å². The van der Waals surface area contributed by atoms with Crippen LogP contribution in [-0.4, -0.2) is 24.4 Å². The van der Waals surface area contributed by atoms with Gasteiger partial charge < -0.3 is 16.8 Å². The molecule has 0 aromatic heterocycles. The van der Waals surface area contributed by atoms with Crippen LogP contribution in [0.25, 0.3) is 0 Å². The predicted molar refractivity (Wildman–Crippen MR) is 52.1 cm³/mol. The first-order chi connectivity index (χ1) is 6.61. The predicted octanol–water partition coefficient (Wildman–Crippen LogP) is -0.895. The van der Waals surface area contributed by atoms with E-state index in [-0.39, 0.29) is 24.4 Å². The molecule has 1 aliphatic rings. The van der Waals surface area contributed by atoms with E-state index >= 15 is 0 Å². The number of nitrogens with one attached hydrogen (secondary N) is 1. The SMILES string of the molecule is NC(=O)CNC(=O)C1CCCCC1N. The number of primary amides is 1. The van der Waals surface area contributed by atoms with Crippen molar-refractivity contribution in [1.29, 1.82) is 0 Å². The molecule has 0 aliphatic heterocycles. The molecule has 0 bridgehead atoms. The molecule has 1 aliphatic carbocycles. The highest BCUT2D eigenvalue weighted by Crippen LogP contribution is 2.22. The van der Waals surface area contributed by atoms with E-state index in [0.717, 1.165) is 25.7 Å². The van der Waals surface area contributed by atoms with Crippen molar-refractivity contribution in [2.75, 3.05) is 6.54 Å². The van der Waals surface area contributed by atoms with Gasteiger partial charge in [-0.3, -0.25) is 9.59 Å². The Morgan fingerprint density at radius 1 is 1.29 bits per heavy atom. The molecular formula is C9H17N3O2. The Labute approximate surface area is 83.2 Å². The van der Waals surface area contributed by atoms with Crippen molar-refractivity contribution in [3.8, 4) is 0 Å². The van der Waals surface area contributed by atoms with Crippen molar-refractivity contribution in [2.45, 2.75) is 31.7 Å². The lowest BCUT2D eigenvalue weighted by Crippen LogP contribution is -2.45. The summed E-state index contributed by atoms with van der Waals surface area (Å²) in [5.41, 5.74) is 10.7. The number of hydrogen-bond donors (Lipinski definition) is 3. The molecule has 1 rings (SSSR count). The standard InChI is InChI=1S/C9H17N3O2/c10-7-4-2-1-3-6(7)9(14)12-5-8(11)13/h6-7H,1-5,10H2,(H2,11,13)(H,12,14). The van der Waals surface area contributed by atoms with Crippen LogP contribution in [0.5, 0.6) is 0 Å². The summed E-state index contributed by atoms with van der Waals surface area (Å²) in [5, 5.41) is 2.49. The second kappa shape index (κ2) is 4.95. The Morgan fingerprint density at radius 3 is 2.50 bits per heavy atom. The molecule has 14 heavy (non-hydrogen) atoms. The summed E-state index contributed by atoms with van der Waals surface area (Å²) in [6.45, 7) is -0.0952. The lowest BCUT2D eigenvalue weighted by molar-refractivity contribution is -0.128. The van der Waals surface area contributed by atoms with Gasteiger partial charge >= 0.3 is 0 Å². The van der Waals surface area contributed by atoms with Crippen LogP contribution < -0.4 is 16.8 Å². The number of hydrogen-bond acceptors (Lipinski definition) is 3. The van der Waals surface area contributed by atoms with E-state index < -0.39 is 5.91 Å². The van der Waals surface area contributed by atoms with E-state index in [9.17, 15) is 9.59 Å². The number of carbonyl (C=O) groups excluding carboxylic acids is 2. The van der Waals surface area contributed by atoms with Gasteiger partial charge in [0.25, 0.3) is 0 Å². The Balaban J connectivity index is 2.38. The van der Waals surface area contributed by atoms with Gasteiger partial charge in [0, 0.05) is 6.04 Å². The quantitative estimate of drug-likeness (QED) is 0.549. The van der Waals surface area contributed by atoms with E-state index in [1.54, 1.807) is 0 Å². The molecule has 2 amide bonds. The maximum Gasteiger partial charge on any atom is 0.236 e. The molecule has 0 spiro atoms. The first kappa shape index (κ1) is 11.0. The third-order valence-corrected chi connectivity index (χ3v) is 2.59. The highest BCUT2D eigenvalue weighted by molar-refractivity contribution is 5.85. The summed E-state index contributed by atoms with van der Waals surface area (Å²) in [5.74, 6) is -0.818. The minimum atomic E-state index is -0.525. The highest BCUT2D eigenvalue weighted by atomic mass is 16.2. The third kappa shape index (κ3) is 2.99.